The van der Waals surface area contributed by atoms with Crippen molar-refractivity contribution in [1.82, 2.24) is 4.98 Å². The highest BCUT2D eigenvalue weighted by Crippen LogP contribution is 2.32. The van der Waals surface area contributed by atoms with Gasteiger partial charge in [0.25, 0.3) is 0 Å². The van der Waals surface area contributed by atoms with Gasteiger partial charge in [0.15, 0.2) is 0 Å². The van der Waals surface area contributed by atoms with Crippen molar-refractivity contribution < 1.29 is 0 Å². The average molecular weight is 198 g/mol. The summed E-state index contributed by atoms with van der Waals surface area (Å²) in [6.45, 7) is 4.18. The third-order valence-corrected chi connectivity index (χ3v) is 3.45. The zero-order valence-corrected chi connectivity index (χ0v) is 8.46. The molecule has 0 N–H and O–H groups in total. The van der Waals surface area contributed by atoms with Crippen molar-refractivity contribution >= 4 is 33.2 Å². The van der Waals surface area contributed by atoms with Gasteiger partial charge in [-0.05, 0) is 25.5 Å². The van der Waals surface area contributed by atoms with E-state index in [1.165, 1.54) is 10.4 Å². The lowest BCUT2D eigenvalue weighted by atomic mass is 10.2. The maximum Gasteiger partial charge on any atom is 0.125 e. The summed E-state index contributed by atoms with van der Waals surface area (Å²) in [5.74, 6) is 0. The fourth-order valence-electron chi connectivity index (χ4n) is 1.23. The zero-order chi connectivity index (χ0) is 8.72. The van der Waals surface area contributed by atoms with E-state index in [2.05, 4.69) is 18.8 Å². The number of hydrogen-bond acceptors (Lipinski definition) is 2. The number of pyridine rings is 1. The quantitative estimate of drug-likeness (QED) is 0.629. The summed E-state index contributed by atoms with van der Waals surface area (Å²) in [5.41, 5.74) is 1.26. The molecule has 1 nitrogen and oxygen atoms in total. The van der Waals surface area contributed by atoms with Gasteiger partial charge in [-0.25, -0.2) is 4.98 Å². The van der Waals surface area contributed by atoms with Gasteiger partial charge in [0.1, 0.15) is 4.83 Å². The molecule has 0 spiro atoms. The Bertz CT molecular complexity index is 433. The predicted octanol–water partition coefficient (Wildman–Crippen LogP) is 3.57. The Morgan fingerprint density at radius 1 is 1.42 bits per heavy atom. The van der Waals surface area contributed by atoms with E-state index in [-0.39, 0.29) is 0 Å². The monoisotopic (exact) mass is 197 g/mol. The third kappa shape index (κ3) is 1.03. The van der Waals surface area contributed by atoms with Gasteiger partial charge < -0.3 is 0 Å². The summed E-state index contributed by atoms with van der Waals surface area (Å²) in [4.78, 5) is 6.59. The van der Waals surface area contributed by atoms with Crippen LogP contribution in [0.15, 0.2) is 12.3 Å². The Hall–Kier alpha value is -0.600. The summed E-state index contributed by atoms with van der Waals surface area (Å²) in [6, 6.07) is 1.84. The van der Waals surface area contributed by atoms with Gasteiger partial charge in [-0.15, -0.1) is 11.3 Å². The smallest absolute Gasteiger partial charge is 0.125 e. The summed E-state index contributed by atoms with van der Waals surface area (Å²) in [5, 5.41) is 1.92. The molecule has 3 heteroatoms. The highest BCUT2D eigenvalue weighted by Gasteiger charge is 2.08. The number of hydrogen-bond donors (Lipinski definition) is 0. The zero-order valence-electron chi connectivity index (χ0n) is 6.89. The van der Waals surface area contributed by atoms with Crippen molar-refractivity contribution in [2.24, 2.45) is 0 Å². The number of halogens is 1. The second-order valence-electron chi connectivity index (χ2n) is 2.76. The van der Waals surface area contributed by atoms with Crippen LogP contribution >= 0.6 is 22.9 Å². The number of rotatable bonds is 0. The van der Waals surface area contributed by atoms with Crippen LogP contribution < -0.4 is 0 Å². The fourth-order valence-corrected chi connectivity index (χ4v) is 2.60. The molecule has 0 aliphatic carbocycles. The molecular formula is C9H8ClNS. The minimum absolute atomic E-state index is 0.807. The maximum absolute atomic E-state index is 6.04. The van der Waals surface area contributed by atoms with Gasteiger partial charge in [0, 0.05) is 16.5 Å². The molecule has 0 saturated carbocycles. The van der Waals surface area contributed by atoms with Crippen LogP contribution in [0, 0.1) is 13.8 Å². The normalized spacial score (nSPS) is 10.9. The van der Waals surface area contributed by atoms with Gasteiger partial charge in [-0.1, -0.05) is 11.6 Å². The van der Waals surface area contributed by atoms with Crippen LogP contribution in [0.1, 0.15) is 10.4 Å². The fraction of sp³-hybridized carbons (Fsp3) is 0.222. The second kappa shape index (κ2) is 2.71. The molecule has 0 atom stereocenters. The van der Waals surface area contributed by atoms with Gasteiger partial charge in [0.05, 0.1) is 5.02 Å². The van der Waals surface area contributed by atoms with E-state index in [1.807, 2.05) is 6.07 Å². The first kappa shape index (κ1) is 8.02. The number of nitrogens with zero attached hydrogens (tertiary/aromatic N) is 1. The number of aromatic nitrogens is 1. The van der Waals surface area contributed by atoms with Crippen LogP contribution in [0.25, 0.3) is 10.2 Å². The molecule has 0 aromatic carbocycles. The SMILES string of the molecule is Cc1sc2nccc(Cl)c2c1C. The Morgan fingerprint density at radius 3 is 2.83 bits per heavy atom. The van der Waals surface area contributed by atoms with Crippen LogP contribution in [0.2, 0.25) is 5.02 Å². The maximum atomic E-state index is 6.04. The van der Waals surface area contributed by atoms with Crippen molar-refractivity contribution in [3.63, 3.8) is 0 Å². The molecule has 0 unspecified atom stereocenters. The standard InChI is InChI=1S/C9H8ClNS/c1-5-6(2)12-9-8(5)7(10)3-4-11-9/h3-4H,1-2H3. The van der Waals surface area contributed by atoms with E-state index in [9.17, 15) is 0 Å². The molecule has 2 aromatic heterocycles. The Labute approximate surface area is 80.0 Å². The van der Waals surface area contributed by atoms with E-state index in [4.69, 9.17) is 11.6 Å². The first-order valence-corrected chi connectivity index (χ1v) is 4.90. The van der Waals surface area contributed by atoms with Crippen molar-refractivity contribution in [2.45, 2.75) is 13.8 Å². The first-order chi connectivity index (χ1) is 5.70. The van der Waals surface area contributed by atoms with E-state index in [1.54, 1.807) is 17.5 Å². The predicted molar refractivity (Wildman–Crippen MR) is 54.1 cm³/mol. The summed E-state index contributed by atoms with van der Waals surface area (Å²) >= 11 is 7.74. The van der Waals surface area contributed by atoms with Crippen LogP contribution in [-0.4, -0.2) is 4.98 Å². The Kier molecular flexibility index (Phi) is 1.81. The van der Waals surface area contributed by atoms with Crippen LogP contribution in [0.5, 0.6) is 0 Å². The Balaban J connectivity index is 2.97. The molecule has 0 aliphatic rings. The molecule has 2 aromatic rings. The summed E-state index contributed by atoms with van der Waals surface area (Å²) in [6.07, 6.45) is 1.75. The lowest BCUT2D eigenvalue weighted by Gasteiger charge is -1.93. The molecule has 62 valence electrons. The third-order valence-electron chi connectivity index (χ3n) is 2.02. The molecule has 12 heavy (non-hydrogen) atoms. The Morgan fingerprint density at radius 2 is 2.17 bits per heavy atom. The van der Waals surface area contributed by atoms with Crippen LogP contribution in [-0.2, 0) is 0 Å². The molecule has 0 amide bonds. The second-order valence-corrected chi connectivity index (χ2v) is 4.37. The molecule has 0 fully saturated rings. The average Bonchev–Trinajstić information content (AvgIpc) is 2.29. The lowest BCUT2D eigenvalue weighted by Crippen LogP contribution is -1.74. The molecular weight excluding hydrogens is 190 g/mol. The number of thiophene rings is 1. The first-order valence-electron chi connectivity index (χ1n) is 3.70. The van der Waals surface area contributed by atoms with Crippen LogP contribution in [0.4, 0.5) is 0 Å². The minimum Gasteiger partial charge on any atom is -0.245 e. The van der Waals surface area contributed by atoms with Gasteiger partial charge in [-0.2, -0.15) is 0 Å². The molecule has 0 bridgehead atoms. The van der Waals surface area contributed by atoms with E-state index in [0.717, 1.165) is 15.2 Å². The largest absolute Gasteiger partial charge is 0.245 e. The van der Waals surface area contributed by atoms with Crippen molar-refractivity contribution in [3.8, 4) is 0 Å². The highest BCUT2D eigenvalue weighted by molar-refractivity contribution is 7.18. The van der Waals surface area contributed by atoms with Crippen molar-refractivity contribution in [3.05, 3.63) is 27.7 Å². The molecule has 0 aliphatic heterocycles. The molecule has 0 saturated heterocycles. The number of fused-ring (bicyclic) bond motifs is 1. The van der Waals surface area contributed by atoms with E-state index < -0.39 is 0 Å². The summed E-state index contributed by atoms with van der Waals surface area (Å²) in [7, 11) is 0. The van der Waals surface area contributed by atoms with Gasteiger partial charge in [-0.3, -0.25) is 0 Å². The number of aryl methyl sites for hydroxylation is 2. The minimum atomic E-state index is 0.807. The molecule has 0 radical (unpaired) electrons. The van der Waals surface area contributed by atoms with Gasteiger partial charge >= 0.3 is 0 Å². The topological polar surface area (TPSA) is 12.9 Å². The highest BCUT2D eigenvalue weighted by atomic mass is 35.5. The molecule has 2 rings (SSSR count). The molecule has 2 heterocycles. The van der Waals surface area contributed by atoms with Crippen molar-refractivity contribution in [2.75, 3.05) is 0 Å². The van der Waals surface area contributed by atoms with Crippen molar-refractivity contribution in [1.29, 1.82) is 0 Å². The van der Waals surface area contributed by atoms with Crippen LogP contribution in [0.3, 0.4) is 0 Å². The summed E-state index contributed by atoms with van der Waals surface area (Å²) < 4.78 is 0. The lowest BCUT2D eigenvalue weighted by molar-refractivity contribution is 1.42. The van der Waals surface area contributed by atoms with E-state index >= 15 is 0 Å². The van der Waals surface area contributed by atoms with Gasteiger partial charge in [0.2, 0.25) is 0 Å². The van der Waals surface area contributed by atoms with E-state index in [0.29, 0.717) is 0 Å².